The summed E-state index contributed by atoms with van der Waals surface area (Å²) in [7, 11) is 1.66. The largest absolute Gasteiger partial charge is 0.496 e. The van der Waals surface area contributed by atoms with Crippen LogP contribution in [0.2, 0.25) is 0 Å². The molecule has 0 amide bonds. The molecular formula is C23H25N3O3. The molecule has 6 nitrogen and oxygen atoms in total. The van der Waals surface area contributed by atoms with E-state index in [1.807, 2.05) is 54.6 Å². The Morgan fingerprint density at radius 2 is 1.79 bits per heavy atom. The van der Waals surface area contributed by atoms with E-state index in [0.29, 0.717) is 0 Å². The van der Waals surface area contributed by atoms with Crippen molar-refractivity contribution in [3.8, 4) is 17.0 Å². The van der Waals surface area contributed by atoms with Gasteiger partial charge in [0.05, 0.1) is 13.7 Å². The Morgan fingerprint density at radius 1 is 1.07 bits per heavy atom. The van der Waals surface area contributed by atoms with Crippen LogP contribution in [0.5, 0.6) is 5.75 Å². The summed E-state index contributed by atoms with van der Waals surface area (Å²) in [4.78, 5) is 16.2. The number of benzene rings is 2. The second-order valence-electron chi connectivity index (χ2n) is 7.25. The summed E-state index contributed by atoms with van der Waals surface area (Å²) in [5.41, 5.74) is 3.64. The molecule has 0 unspecified atom stereocenters. The molecule has 0 radical (unpaired) electrons. The highest BCUT2D eigenvalue weighted by Gasteiger charge is 2.19. The molecule has 2 heterocycles. The van der Waals surface area contributed by atoms with Crippen LogP contribution >= 0.6 is 0 Å². The first-order chi connectivity index (χ1) is 14.1. The number of carbonyl (C=O) groups is 1. The quantitative estimate of drug-likeness (QED) is 0.595. The Morgan fingerprint density at radius 3 is 2.48 bits per heavy atom. The van der Waals surface area contributed by atoms with E-state index in [0.717, 1.165) is 66.7 Å². The Hall–Kier alpha value is -3.12. The number of carbonyl (C=O) groups excluding carboxylic acids is 1. The van der Waals surface area contributed by atoms with Gasteiger partial charge in [0.1, 0.15) is 11.4 Å². The molecule has 1 fully saturated rings. The van der Waals surface area contributed by atoms with E-state index in [1.54, 1.807) is 14.0 Å². The van der Waals surface area contributed by atoms with Gasteiger partial charge in [-0.3, -0.25) is 9.69 Å². The number of methoxy groups -OCH3 is 1. The lowest BCUT2D eigenvalue weighted by Crippen LogP contribution is -2.45. The molecule has 2 aromatic carbocycles. The monoisotopic (exact) mass is 391 g/mol. The number of aromatic nitrogens is 1. The molecule has 1 aromatic heterocycles. The molecule has 29 heavy (non-hydrogen) atoms. The van der Waals surface area contributed by atoms with Crippen LogP contribution < -0.4 is 9.64 Å². The Labute approximate surface area is 170 Å². The Kier molecular flexibility index (Phi) is 5.62. The third kappa shape index (κ3) is 4.32. The predicted molar refractivity (Wildman–Crippen MR) is 112 cm³/mol. The van der Waals surface area contributed by atoms with Crippen LogP contribution in [0, 0.1) is 0 Å². The lowest BCUT2D eigenvalue weighted by atomic mass is 10.1. The van der Waals surface area contributed by atoms with Gasteiger partial charge in [-0.25, -0.2) is 0 Å². The zero-order valence-electron chi connectivity index (χ0n) is 16.8. The van der Waals surface area contributed by atoms with Gasteiger partial charge in [-0.2, -0.15) is 0 Å². The average molecular weight is 391 g/mol. The maximum Gasteiger partial charge on any atom is 0.159 e. The summed E-state index contributed by atoms with van der Waals surface area (Å²) in [5.74, 6) is 1.74. The van der Waals surface area contributed by atoms with Crippen LogP contribution in [0.1, 0.15) is 23.0 Å². The van der Waals surface area contributed by atoms with Crippen molar-refractivity contribution in [2.75, 3.05) is 38.2 Å². The molecule has 3 aromatic rings. The number of nitrogens with zero attached hydrogens (tertiary/aromatic N) is 3. The fraction of sp³-hybridized carbons (Fsp3) is 0.304. The fourth-order valence-electron chi connectivity index (χ4n) is 3.66. The first-order valence-corrected chi connectivity index (χ1v) is 9.81. The summed E-state index contributed by atoms with van der Waals surface area (Å²) in [6.45, 7) is 6.09. The minimum Gasteiger partial charge on any atom is -0.496 e. The number of rotatable bonds is 6. The van der Waals surface area contributed by atoms with Crippen molar-refractivity contribution in [3.05, 3.63) is 65.9 Å². The number of ketones is 1. The first-order valence-electron chi connectivity index (χ1n) is 9.81. The maximum absolute atomic E-state index is 11.4. The van der Waals surface area contributed by atoms with Crippen molar-refractivity contribution in [1.82, 2.24) is 10.1 Å². The number of ether oxygens (including phenoxy) is 1. The maximum atomic E-state index is 11.4. The van der Waals surface area contributed by atoms with E-state index in [9.17, 15) is 4.79 Å². The van der Waals surface area contributed by atoms with Crippen molar-refractivity contribution in [2.45, 2.75) is 13.5 Å². The smallest absolute Gasteiger partial charge is 0.159 e. The molecule has 0 bridgehead atoms. The highest BCUT2D eigenvalue weighted by Crippen LogP contribution is 2.29. The zero-order chi connectivity index (χ0) is 20.2. The minimum absolute atomic E-state index is 0.0981. The molecule has 0 N–H and O–H groups in total. The van der Waals surface area contributed by atoms with Crippen LogP contribution in [-0.2, 0) is 6.54 Å². The van der Waals surface area contributed by atoms with Crippen molar-refractivity contribution >= 4 is 11.5 Å². The molecule has 0 aliphatic carbocycles. The summed E-state index contributed by atoms with van der Waals surface area (Å²) < 4.78 is 11.0. The van der Waals surface area contributed by atoms with Crippen LogP contribution in [0.15, 0.2) is 59.1 Å². The molecule has 6 heteroatoms. The second kappa shape index (κ2) is 8.49. The van der Waals surface area contributed by atoms with Crippen molar-refractivity contribution < 1.29 is 14.1 Å². The standard InChI is InChI=1S/C23H25N3O3/c1-17(27)18-7-9-19(10-8-18)26-13-11-25(12-14-26)16-20-15-22(24-29-20)21-5-3-4-6-23(21)28-2/h3-10,15H,11-14,16H2,1-2H3. The van der Waals surface area contributed by atoms with Gasteiger partial charge < -0.3 is 14.2 Å². The lowest BCUT2D eigenvalue weighted by Gasteiger charge is -2.35. The number of piperazine rings is 1. The molecule has 0 atom stereocenters. The van der Waals surface area contributed by atoms with Gasteiger partial charge in [0.15, 0.2) is 11.5 Å². The van der Waals surface area contributed by atoms with Crippen LogP contribution in [0.3, 0.4) is 0 Å². The van der Waals surface area contributed by atoms with E-state index in [-0.39, 0.29) is 5.78 Å². The van der Waals surface area contributed by atoms with Gasteiger partial charge in [-0.15, -0.1) is 0 Å². The molecule has 0 saturated carbocycles. The Bertz CT molecular complexity index is 973. The van der Waals surface area contributed by atoms with E-state index in [1.165, 1.54) is 0 Å². The minimum atomic E-state index is 0.0981. The van der Waals surface area contributed by atoms with E-state index < -0.39 is 0 Å². The summed E-state index contributed by atoms with van der Waals surface area (Å²) in [6, 6.07) is 17.7. The molecular weight excluding hydrogens is 366 g/mol. The number of hydrogen-bond donors (Lipinski definition) is 0. The van der Waals surface area contributed by atoms with Crippen molar-refractivity contribution in [3.63, 3.8) is 0 Å². The number of anilines is 1. The van der Waals surface area contributed by atoms with Gasteiger partial charge in [0, 0.05) is 49.1 Å². The van der Waals surface area contributed by atoms with E-state index in [2.05, 4.69) is 15.0 Å². The Balaban J connectivity index is 1.35. The summed E-state index contributed by atoms with van der Waals surface area (Å²) >= 11 is 0. The van der Waals surface area contributed by atoms with E-state index >= 15 is 0 Å². The second-order valence-corrected chi connectivity index (χ2v) is 7.25. The van der Waals surface area contributed by atoms with Gasteiger partial charge in [0.2, 0.25) is 0 Å². The average Bonchev–Trinajstić information content (AvgIpc) is 3.22. The molecule has 1 aliphatic heterocycles. The number of para-hydroxylation sites is 1. The third-order valence-corrected chi connectivity index (χ3v) is 5.33. The van der Waals surface area contributed by atoms with Crippen LogP contribution in [0.25, 0.3) is 11.3 Å². The van der Waals surface area contributed by atoms with Crippen LogP contribution in [0.4, 0.5) is 5.69 Å². The highest BCUT2D eigenvalue weighted by molar-refractivity contribution is 5.94. The van der Waals surface area contributed by atoms with Gasteiger partial charge in [-0.05, 0) is 43.3 Å². The third-order valence-electron chi connectivity index (χ3n) is 5.33. The normalized spacial score (nSPS) is 14.8. The van der Waals surface area contributed by atoms with Crippen molar-refractivity contribution in [1.29, 1.82) is 0 Å². The van der Waals surface area contributed by atoms with Gasteiger partial charge in [0.25, 0.3) is 0 Å². The lowest BCUT2D eigenvalue weighted by molar-refractivity contribution is 0.101. The van der Waals surface area contributed by atoms with Gasteiger partial charge in [-0.1, -0.05) is 17.3 Å². The van der Waals surface area contributed by atoms with Crippen LogP contribution in [-0.4, -0.2) is 49.1 Å². The number of Topliss-reactive ketones (excluding diaryl/α,β-unsaturated/α-hetero) is 1. The molecule has 1 saturated heterocycles. The highest BCUT2D eigenvalue weighted by atomic mass is 16.5. The topological polar surface area (TPSA) is 58.8 Å². The summed E-state index contributed by atoms with van der Waals surface area (Å²) in [5, 5.41) is 4.23. The van der Waals surface area contributed by atoms with E-state index in [4.69, 9.17) is 9.26 Å². The van der Waals surface area contributed by atoms with Crippen molar-refractivity contribution in [2.24, 2.45) is 0 Å². The fourth-order valence-corrected chi connectivity index (χ4v) is 3.66. The molecule has 4 rings (SSSR count). The SMILES string of the molecule is COc1ccccc1-c1cc(CN2CCN(c3ccc(C(C)=O)cc3)CC2)on1. The zero-order valence-corrected chi connectivity index (χ0v) is 16.8. The number of hydrogen-bond acceptors (Lipinski definition) is 6. The molecule has 150 valence electrons. The van der Waals surface area contributed by atoms with Gasteiger partial charge >= 0.3 is 0 Å². The molecule has 0 spiro atoms. The first kappa shape index (κ1) is 19.2. The molecule has 1 aliphatic rings. The predicted octanol–water partition coefficient (Wildman–Crippen LogP) is 3.88. The summed E-state index contributed by atoms with van der Waals surface area (Å²) in [6.07, 6.45) is 0.